The van der Waals surface area contributed by atoms with Gasteiger partial charge in [-0.1, -0.05) is 45.2 Å². The van der Waals surface area contributed by atoms with Crippen molar-refractivity contribution < 1.29 is 28.9 Å². The number of hydrogen-bond donors (Lipinski definition) is 0. The van der Waals surface area contributed by atoms with Gasteiger partial charge >= 0.3 is 5.97 Å². The molecule has 0 heterocycles. The first-order valence-corrected chi connectivity index (χ1v) is 16.0. The molecule has 3 aromatic carbocycles. The van der Waals surface area contributed by atoms with E-state index in [4.69, 9.17) is 14.2 Å². The highest BCUT2D eigenvalue weighted by Crippen LogP contribution is 2.31. The van der Waals surface area contributed by atoms with E-state index in [0.29, 0.717) is 31.6 Å². The Kier molecular flexibility index (Phi) is 14.9. The summed E-state index contributed by atoms with van der Waals surface area (Å²) in [6.45, 7) is 5.50. The maximum Gasteiger partial charge on any atom is 0.338 e. The molecule has 0 saturated heterocycles. The number of carbonyl (C=O) groups is 1. The van der Waals surface area contributed by atoms with E-state index in [1.165, 1.54) is 12.8 Å². The van der Waals surface area contributed by atoms with E-state index >= 15 is 0 Å². The lowest BCUT2D eigenvalue weighted by Crippen LogP contribution is -2.08. The Bertz CT molecular complexity index is 1530. The molecule has 0 aliphatic rings. The number of allylic oxidation sites excluding steroid dienone is 2. The van der Waals surface area contributed by atoms with Crippen LogP contribution in [0.5, 0.6) is 11.5 Å². The van der Waals surface area contributed by atoms with Crippen LogP contribution < -0.4 is 9.47 Å². The topological polar surface area (TPSA) is 155 Å². The zero-order valence-electron chi connectivity index (χ0n) is 26.9. The average Bonchev–Trinajstić information content (AvgIpc) is 3.08. The number of benzene rings is 3. The normalized spacial score (nSPS) is 11.3. The standard InChI is InChI=1S/C36H41N3O8/c1-3-5-6-9-20-45-33-18-14-28(15-19-33)35(26-37)34(4-2)27-12-16-32(17-13-27)46-21-10-7-8-11-22-47-36(40)29-23-30(38(41)42)25-31(24-29)39(43)44/h12-19,23-25H,3-11,20-22H2,1-2H3/b35-34+. The van der Waals surface area contributed by atoms with E-state index in [9.17, 15) is 30.3 Å². The number of nitrogens with zero attached hydrogens (tertiary/aromatic N) is 3. The summed E-state index contributed by atoms with van der Waals surface area (Å²) in [5, 5.41) is 32.1. The first kappa shape index (κ1) is 36.2. The molecule has 248 valence electrons. The van der Waals surface area contributed by atoms with Crippen LogP contribution in [0, 0.1) is 31.6 Å². The third-order valence-electron chi connectivity index (χ3n) is 7.48. The van der Waals surface area contributed by atoms with Crippen molar-refractivity contribution in [3.05, 3.63) is 104 Å². The molecule has 0 radical (unpaired) electrons. The van der Waals surface area contributed by atoms with Gasteiger partial charge in [0.1, 0.15) is 17.6 Å². The number of nitro benzene ring substituents is 2. The van der Waals surface area contributed by atoms with Gasteiger partial charge in [-0.2, -0.15) is 5.26 Å². The van der Waals surface area contributed by atoms with Crippen molar-refractivity contribution in [2.24, 2.45) is 0 Å². The predicted octanol–water partition coefficient (Wildman–Crippen LogP) is 9.10. The van der Waals surface area contributed by atoms with Crippen LogP contribution in [-0.2, 0) is 4.74 Å². The van der Waals surface area contributed by atoms with Crippen LogP contribution in [0.4, 0.5) is 11.4 Å². The smallest absolute Gasteiger partial charge is 0.338 e. The molecule has 0 atom stereocenters. The molecule has 0 N–H and O–H groups in total. The van der Waals surface area contributed by atoms with E-state index in [2.05, 4.69) is 13.0 Å². The van der Waals surface area contributed by atoms with Crippen molar-refractivity contribution in [1.82, 2.24) is 0 Å². The summed E-state index contributed by atoms with van der Waals surface area (Å²) in [6, 6.07) is 20.5. The van der Waals surface area contributed by atoms with Gasteiger partial charge in [0, 0.05) is 12.1 Å². The summed E-state index contributed by atoms with van der Waals surface area (Å²) in [7, 11) is 0. The Morgan fingerprint density at radius 3 is 1.64 bits per heavy atom. The fraction of sp³-hybridized carbons (Fsp3) is 0.389. The highest BCUT2D eigenvalue weighted by Gasteiger charge is 2.20. The van der Waals surface area contributed by atoms with Gasteiger partial charge in [0.05, 0.1) is 46.9 Å². The van der Waals surface area contributed by atoms with Gasteiger partial charge in [-0.3, -0.25) is 20.2 Å². The molecule has 0 saturated carbocycles. The van der Waals surface area contributed by atoms with E-state index in [1.54, 1.807) is 0 Å². The van der Waals surface area contributed by atoms with Crippen molar-refractivity contribution in [3.63, 3.8) is 0 Å². The zero-order chi connectivity index (χ0) is 34.0. The van der Waals surface area contributed by atoms with Crippen LogP contribution >= 0.6 is 0 Å². The highest BCUT2D eigenvalue weighted by atomic mass is 16.6. The summed E-state index contributed by atoms with van der Waals surface area (Å²) < 4.78 is 16.9. The zero-order valence-corrected chi connectivity index (χ0v) is 26.9. The molecule has 0 aromatic heterocycles. The van der Waals surface area contributed by atoms with E-state index in [-0.39, 0.29) is 12.2 Å². The van der Waals surface area contributed by atoms with Crippen molar-refractivity contribution in [3.8, 4) is 17.6 Å². The minimum Gasteiger partial charge on any atom is -0.494 e. The predicted molar refractivity (Wildman–Crippen MR) is 179 cm³/mol. The van der Waals surface area contributed by atoms with Crippen molar-refractivity contribution >= 4 is 28.5 Å². The third kappa shape index (κ3) is 11.6. The number of nitro groups is 2. The highest BCUT2D eigenvalue weighted by molar-refractivity contribution is 5.97. The molecule has 0 unspecified atom stereocenters. The average molecular weight is 644 g/mol. The maximum absolute atomic E-state index is 12.3. The molecule has 11 nitrogen and oxygen atoms in total. The fourth-order valence-corrected chi connectivity index (χ4v) is 4.94. The fourth-order valence-electron chi connectivity index (χ4n) is 4.94. The van der Waals surface area contributed by atoms with Crippen LogP contribution in [0.25, 0.3) is 11.1 Å². The quantitative estimate of drug-likeness (QED) is 0.0293. The van der Waals surface area contributed by atoms with Gasteiger partial charge in [0.25, 0.3) is 11.4 Å². The summed E-state index contributed by atoms with van der Waals surface area (Å²) >= 11 is 0. The van der Waals surface area contributed by atoms with Crippen LogP contribution in [0.1, 0.15) is 93.1 Å². The SMILES string of the molecule is CCCCCCOc1ccc(/C(C#N)=C(\CC)c2ccc(OCCCCCCOC(=O)c3cc([N+](=O)[O-])cc([N+](=O)[O-])c3)cc2)cc1. The van der Waals surface area contributed by atoms with Gasteiger partial charge in [0.15, 0.2) is 0 Å². The number of hydrogen-bond acceptors (Lipinski definition) is 9. The molecule has 47 heavy (non-hydrogen) atoms. The van der Waals surface area contributed by atoms with Gasteiger partial charge < -0.3 is 14.2 Å². The summed E-state index contributed by atoms with van der Waals surface area (Å²) in [6.07, 6.45) is 8.23. The largest absolute Gasteiger partial charge is 0.494 e. The van der Waals surface area contributed by atoms with Crippen LogP contribution in [-0.4, -0.2) is 35.6 Å². The number of nitriles is 1. The second kappa shape index (κ2) is 19.3. The molecular formula is C36H41N3O8. The molecule has 11 heteroatoms. The molecule has 3 rings (SSSR count). The Balaban J connectivity index is 1.42. The third-order valence-corrected chi connectivity index (χ3v) is 7.48. The Labute approximate surface area is 275 Å². The second-order valence-electron chi connectivity index (χ2n) is 10.9. The first-order valence-electron chi connectivity index (χ1n) is 16.0. The van der Waals surface area contributed by atoms with Crippen molar-refractivity contribution in [2.75, 3.05) is 19.8 Å². The van der Waals surface area contributed by atoms with Crippen molar-refractivity contribution in [2.45, 2.75) is 71.6 Å². The Hall–Kier alpha value is -5.24. The van der Waals surface area contributed by atoms with Gasteiger partial charge in [-0.15, -0.1) is 0 Å². The number of non-ortho nitro benzene ring substituents is 2. The second-order valence-corrected chi connectivity index (χ2v) is 10.9. The van der Waals surface area contributed by atoms with Gasteiger partial charge in [0.2, 0.25) is 0 Å². The van der Waals surface area contributed by atoms with Crippen molar-refractivity contribution in [1.29, 1.82) is 5.26 Å². The van der Waals surface area contributed by atoms with Gasteiger partial charge in [-0.05, 0) is 91.6 Å². The number of rotatable bonds is 20. The molecular weight excluding hydrogens is 602 g/mol. The lowest BCUT2D eigenvalue weighted by Gasteiger charge is -2.12. The molecule has 0 aliphatic carbocycles. The van der Waals surface area contributed by atoms with Crippen LogP contribution in [0.3, 0.4) is 0 Å². The van der Waals surface area contributed by atoms with E-state index < -0.39 is 27.2 Å². The van der Waals surface area contributed by atoms with Gasteiger partial charge in [-0.25, -0.2) is 4.79 Å². The number of unbranched alkanes of at least 4 members (excludes halogenated alkanes) is 6. The summed E-state index contributed by atoms with van der Waals surface area (Å²) in [5.74, 6) is 0.685. The molecule has 0 spiro atoms. The Morgan fingerprint density at radius 2 is 1.17 bits per heavy atom. The van der Waals surface area contributed by atoms with E-state index in [1.807, 2.05) is 55.5 Å². The molecule has 0 bridgehead atoms. The minimum atomic E-state index is -0.845. The molecule has 0 fully saturated rings. The summed E-state index contributed by atoms with van der Waals surface area (Å²) in [4.78, 5) is 32.7. The van der Waals surface area contributed by atoms with E-state index in [0.717, 1.165) is 78.5 Å². The number of carbonyl (C=O) groups excluding carboxylic acids is 1. The lowest BCUT2D eigenvalue weighted by atomic mass is 9.93. The first-order chi connectivity index (χ1) is 22.8. The molecule has 0 amide bonds. The number of esters is 1. The monoisotopic (exact) mass is 643 g/mol. The summed E-state index contributed by atoms with van der Waals surface area (Å²) in [5.41, 5.74) is 2.07. The molecule has 0 aliphatic heterocycles. The van der Waals surface area contributed by atoms with Crippen LogP contribution in [0.15, 0.2) is 66.7 Å². The maximum atomic E-state index is 12.3. The minimum absolute atomic E-state index is 0.0899. The lowest BCUT2D eigenvalue weighted by molar-refractivity contribution is -0.394. The Morgan fingerprint density at radius 1 is 0.681 bits per heavy atom. The van der Waals surface area contributed by atoms with Crippen LogP contribution in [0.2, 0.25) is 0 Å². The number of ether oxygens (including phenoxy) is 3. The molecule has 3 aromatic rings.